The van der Waals surface area contributed by atoms with E-state index in [1.165, 1.54) is 12.4 Å². The Labute approximate surface area is 111 Å². The summed E-state index contributed by atoms with van der Waals surface area (Å²) in [6.45, 7) is 0. The summed E-state index contributed by atoms with van der Waals surface area (Å²) in [5.41, 5.74) is 0.801. The molecule has 0 spiro atoms. The van der Waals surface area contributed by atoms with Gasteiger partial charge >= 0.3 is 0 Å². The van der Waals surface area contributed by atoms with Crippen molar-refractivity contribution in [2.75, 3.05) is 0 Å². The van der Waals surface area contributed by atoms with Crippen LogP contribution in [0.3, 0.4) is 0 Å². The molecule has 0 saturated heterocycles. The zero-order valence-corrected chi connectivity index (χ0v) is 10.3. The molecule has 18 heavy (non-hydrogen) atoms. The molecule has 2 heterocycles. The van der Waals surface area contributed by atoms with Crippen molar-refractivity contribution in [1.29, 1.82) is 0 Å². The van der Waals surface area contributed by atoms with Crippen molar-refractivity contribution in [1.82, 2.24) is 19.6 Å². The molecule has 4 nitrogen and oxygen atoms in total. The molecule has 0 atom stereocenters. The Morgan fingerprint density at radius 2 is 1.94 bits per heavy atom. The maximum atomic E-state index is 13.8. The Hall–Kier alpha value is -1.72. The predicted molar refractivity (Wildman–Crippen MR) is 66.2 cm³/mol. The summed E-state index contributed by atoms with van der Waals surface area (Å²) in [5.74, 6) is -0.116. The van der Waals surface area contributed by atoms with Gasteiger partial charge in [-0.2, -0.15) is 0 Å². The second-order valence-electron chi connectivity index (χ2n) is 3.59. The van der Waals surface area contributed by atoms with Gasteiger partial charge in [0.2, 0.25) is 0 Å². The number of halogens is 3. The van der Waals surface area contributed by atoms with E-state index < -0.39 is 5.82 Å². The van der Waals surface area contributed by atoms with Gasteiger partial charge < -0.3 is 0 Å². The zero-order chi connectivity index (χ0) is 12.7. The number of hydrogen-bond donors (Lipinski definition) is 0. The minimum absolute atomic E-state index is 0.302. The number of aromatic nitrogens is 4. The predicted octanol–water partition coefficient (Wildman–Crippen LogP) is 3.24. The number of hydrogen-bond acceptors (Lipinski definition) is 3. The van der Waals surface area contributed by atoms with Gasteiger partial charge in [-0.1, -0.05) is 23.2 Å². The number of rotatable bonds is 1. The van der Waals surface area contributed by atoms with Crippen LogP contribution in [-0.2, 0) is 0 Å². The van der Waals surface area contributed by atoms with Crippen molar-refractivity contribution in [3.8, 4) is 11.4 Å². The van der Waals surface area contributed by atoms with E-state index in [1.54, 1.807) is 22.6 Å². The second kappa shape index (κ2) is 4.19. The largest absolute Gasteiger partial charge is 0.265 e. The van der Waals surface area contributed by atoms with Crippen molar-refractivity contribution in [3.05, 3.63) is 46.6 Å². The second-order valence-corrected chi connectivity index (χ2v) is 4.41. The Kier molecular flexibility index (Phi) is 2.65. The van der Waals surface area contributed by atoms with Crippen LogP contribution in [-0.4, -0.2) is 19.6 Å². The summed E-state index contributed by atoms with van der Waals surface area (Å²) in [4.78, 5) is 3.91. The highest BCUT2D eigenvalue weighted by Crippen LogP contribution is 2.24. The summed E-state index contributed by atoms with van der Waals surface area (Å²) in [5, 5.41) is 8.47. The zero-order valence-electron chi connectivity index (χ0n) is 8.81. The van der Waals surface area contributed by atoms with E-state index in [9.17, 15) is 4.39 Å². The minimum atomic E-state index is -0.466. The first kappa shape index (κ1) is 11.4. The third kappa shape index (κ3) is 1.81. The summed E-state index contributed by atoms with van der Waals surface area (Å²) < 4.78 is 15.4. The molecule has 0 bridgehead atoms. The summed E-state index contributed by atoms with van der Waals surface area (Å²) >= 11 is 11.4. The highest BCUT2D eigenvalue weighted by atomic mass is 35.5. The minimum Gasteiger partial charge on any atom is -0.265 e. The fraction of sp³-hybridized carbons (Fsp3) is 0. The van der Waals surface area contributed by atoms with Crippen LogP contribution in [0.5, 0.6) is 0 Å². The molecular weight excluding hydrogens is 278 g/mol. The first-order valence-electron chi connectivity index (χ1n) is 4.97. The fourth-order valence-electron chi connectivity index (χ4n) is 1.63. The van der Waals surface area contributed by atoms with E-state index in [0.717, 1.165) is 0 Å². The molecule has 2 aromatic heterocycles. The SMILES string of the molecule is Fc1cc(Cl)ccc1-c1nnc2cc(Cl)ncn12. The normalized spacial score (nSPS) is 11.1. The monoisotopic (exact) mass is 282 g/mol. The molecular formula is C11H5Cl2FN4. The highest BCUT2D eigenvalue weighted by Gasteiger charge is 2.13. The average molecular weight is 283 g/mol. The van der Waals surface area contributed by atoms with Gasteiger partial charge in [0, 0.05) is 11.1 Å². The summed E-state index contributed by atoms with van der Waals surface area (Å²) in [7, 11) is 0. The third-order valence-corrected chi connectivity index (χ3v) is 2.88. The Morgan fingerprint density at radius 3 is 2.72 bits per heavy atom. The summed E-state index contributed by atoms with van der Waals surface area (Å²) in [6, 6.07) is 5.90. The van der Waals surface area contributed by atoms with Gasteiger partial charge in [-0.3, -0.25) is 4.40 Å². The molecule has 0 amide bonds. The number of fused-ring (bicyclic) bond motifs is 1. The van der Waals surface area contributed by atoms with Crippen molar-refractivity contribution in [3.63, 3.8) is 0 Å². The van der Waals surface area contributed by atoms with E-state index in [4.69, 9.17) is 23.2 Å². The third-order valence-electron chi connectivity index (χ3n) is 2.44. The lowest BCUT2D eigenvalue weighted by atomic mass is 10.2. The molecule has 7 heteroatoms. The molecule has 0 fully saturated rings. The Bertz CT molecular complexity index is 741. The van der Waals surface area contributed by atoms with Crippen LogP contribution in [0.2, 0.25) is 10.2 Å². The van der Waals surface area contributed by atoms with Crippen molar-refractivity contribution in [2.24, 2.45) is 0 Å². The average Bonchev–Trinajstić information content (AvgIpc) is 2.72. The van der Waals surface area contributed by atoms with Crippen LogP contribution >= 0.6 is 23.2 Å². The molecule has 0 N–H and O–H groups in total. The molecule has 3 rings (SSSR count). The van der Waals surface area contributed by atoms with E-state index in [1.807, 2.05) is 0 Å². The van der Waals surface area contributed by atoms with Crippen molar-refractivity contribution >= 4 is 28.8 Å². The van der Waals surface area contributed by atoms with E-state index in [-0.39, 0.29) is 0 Å². The maximum absolute atomic E-state index is 13.8. The van der Waals surface area contributed by atoms with Gasteiger partial charge in [-0.25, -0.2) is 9.37 Å². The van der Waals surface area contributed by atoms with E-state index in [2.05, 4.69) is 15.2 Å². The van der Waals surface area contributed by atoms with Crippen molar-refractivity contribution in [2.45, 2.75) is 0 Å². The molecule has 90 valence electrons. The molecule has 0 unspecified atom stereocenters. The standard InChI is InChI=1S/C11H5Cl2FN4/c12-6-1-2-7(8(14)3-6)11-17-16-10-4-9(13)15-5-18(10)11/h1-5H. The van der Waals surface area contributed by atoms with Gasteiger partial charge in [0.25, 0.3) is 0 Å². The lowest BCUT2D eigenvalue weighted by Crippen LogP contribution is -1.93. The van der Waals surface area contributed by atoms with Gasteiger partial charge in [-0.15, -0.1) is 10.2 Å². The molecule has 3 aromatic rings. The lowest BCUT2D eigenvalue weighted by molar-refractivity contribution is 0.629. The van der Waals surface area contributed by atoms with Crippen LogP contribution in [0.25, 0.3) is 17.0 Å². The van der Waals surface area contributed by atoms with E-state index in [0.29, 0.717) is 27.2 Å². The van der Waals surface area contributed by atoms with Gasteiger partial charge in [0.15, 0.2) is 11.5 Å². The highest BCUT2D eigenvalue weighted by molar-refractivity contribution is 6.30. The number of nitrogens with zero attached hydrogens (tertiary/aromatic N) is 4. The lowest BCUT2D eigenvalue weighted by Gasteiger charge is -2.01. The van der Waals surface area contributed by atoms with Gasteiger partial charge in [0.05, 0.1) is 5.56 Å². The Morgan fingerprint density at radius 1 is 1.11 bits per heavy atom. The topological polar surface area (TPSA) is 43.1 Å². The van der Waals surface area contributed by atoms with Gasteiger partial charge in [-0.05, 0) is 18.2 Å². The molecule has 0 saturated carbocycles. The molecule has 0 radical (unpaired) electrons. The maximum Gasteiger partial charge on any atom is 0.172 e. The van der Waals surface area contributed by atoms with Crippen LogP contribution in [0.15, 0.2) is 30.6 Å². The van der Waals surface area contributed by atoms with Crippen LogP contribution in [0.4, 0.5) is 4.39 Å². The first-order chi connectivity index (χ1) is 8.65. The smallest absolute Gasteiger partial charge is 0.172 e. The molecule has 0 aliphatic heterocycles. The van der Waals surface area contributed by atoms with Crippen molar-refractivity contribution < 1.29 is 4.39 Å². The summed E-state index contributed by atoms with van der Waals surface area (Å²) in [6.07, 6.45) is 1.45. The van der Waals surface area contributed by atoms with Crippen LogP contribution in [0.1, 0.15) is 0 Å². The van der Waals surface area contributed by atoms with Crippen LogP contribution in [0, 0.1) is 5.82 Å². The molecule has 0 aliphatic rings. The molecule has 1 aromatic carbocycles. The fourth-order valence-corrected chi connectivity index (χ4v) is 1.93. The quantitative estimate of drug-likeness (QED) is 0.644. The van der Waals surface area contributed by atoms with Gasteiger partial charge in [0.1, 0.15) is 17.3 Å². The molecule has 0 aliphatic carbocycles. The van der Waals surface area contributed by atoms with E-state index >= 15 is 0 Å². The first-order valence-corrected chi connectivity index (χ1v) is 5.72. The Balaban J connectivity index is 2.25. The number of benzene rings is 1. The van der Waals surface area contributed by atoms with Crippen LogP contribution < -0.4 is 0 Å².